The summed E-state index contributed by atoms with van der Waals surface area (Å²) in [5.41, 5.74) is 8.49. The maximum absolute atomic E-state index is 10.6. The Morgan fingerprint density at radius 1 is 1.58 bits per heavy atom. The maximum Gasteiger partial charge on any atom is 0.270 e. The predicted molar refractivity (Wildman–Crippen MR) is 75.8 cm³/mol. The molecular weight excluding hydrogens is 290 g/mol. The van der Waals surface area contributed by atoms with E-state index in [9.17, 15) is 10.1 Å². The van der Waals surface area contributed by atoms with Crippen LogP contribution in [0.4, 0.5) is 16.6 Å². The number of rotatable bonds is 4. The molecule has 7 nitrogen and oxygen atoms in total. The third-order valence-corrected chi connectivity index (χ3v) is 3.19. The van der Waals surface area contributed by atoms with Gasteiger partial charge in [-0.3, -0.25) is 15.5 Å². The van der Waals surface area contributed by atoms with E-state index in [1.165, 1.54) is 35.8 Å². The topological polar surface area (TPSA) is 106 Å². The highest BCUT2D eigenvalue weighted by Gasteiger charge is 2.08. The van der Waals surface area contributed by atoms with Crippen molar-refractivity contribution < 1.29 is 4.92 Å². The predicted octanol–water partition coefficient (Wildman–Crippen LogP) is 2.73. The molecule has 0 bridgehead atoms. The zero-order valence-electron chi connectivity index (χ0n) is 9.41. The minimum atomic E-state index is -0.497. The zero-order valence-corrected chi connectivity index (χ0v) is 11.0. The van der Waals surface area contributed by atoms with Gasteiger partial charge in [-0.1, -0.05) is 11.6 Å². The largest absolute Gasteiger partial charge is 0.383 e. The molecule has 0 saturated heterocycles. The van der Waals surface area contributed by atoms with E-state index in [2.05, 4.69) is 15.5 Å². The molecular formula is C10H8ClN5O2S. The van der Waals surface area contributed by atoms with Gasteiger partial charge in [0, 0.05) is 28.1 Å². The van der Waals surface area contributed by atoms with Crippen LogP contribution in [0, 0.1) is 10.1 Å². The SMILES string of the molecule is Nc1csc(NN=Cc2cc([N+](=O)[O-])ccc2Cl)n1. The highest BCUT2D eigenvalue weighted by molar-refractivity contribution is 7.14. The van der Waals surface area contributed by atoms with Crippen LogP contribution in [-0.4, -0.2) is 16.1 Å². The van der Waals surface area contributed by atoms with Gasteiger partial charge in [0.1, 0.15) is 5.82 Å². The number of nitro benzene ring substituents is 1. The minimum absolute atomic E-state index is 0.0515. The summed E-state index contributed by atoms with van der Waals surface area (Å²) in [6.45, 7) is 0. The van der Waals surface area contributed by atoms with Gasteiger partial charge in [0.15, 0.2) is 0 Å². The van der Waals surface area contributed by atoms with Crippen molar-refractivity contribution >= 4 is 45.8 Å². The lowest BCUT2D eigenvalue weighted by molar-refractivity contribution is -0.384. The fourth-order valence-corrected chi connectivity index (χ4v) is 1.95. The van der Waals surface area contributed by atoms with Gasteiger partial charge < -0.3 is 5.73 Å². The average molecular weight is 298 g/mol. The molecule has 3 N–H and O–H groups in total. The Hall–Kier alpha value is -2.19. The first-order valence-electron chi connectivity index (χ1n) is 5.00. The number of hydrazone groups is 1. The first kappa shape index (κ1) is 13.2. The van der Waals surface area contributed by atoms with Crippen LogP contribution >= 0.6 is 22.9 Å². The number of hydrogen-bond acceptors (Lipinski definition) is 7. The molecule has 0 aliphatic rings. The molecule has 0 aliphatic carbocycles. The number of hydrogen-bond donors (Lipinski definition) is 2. The van der Waals surface area contributed by atoms with Gasteiger partial charge in [0.25, 0.3) is 5.69 Å². The van der Waals surface area contributed by atoms with Crippen molar-refractivity contribution in [3.63, 3.8) is 0 Å². The van der Waals surface area contributed by atoms with E-state index in [0.29, 0.717) is 21.5 Å². The lowest BCUT2D eigenvalue weighted by Gasteiger charge is -1.98. The van der Waals surface area contributed by atoms with Gasteiger partial charge in [0.05, 0.1) is 11.1 Å². The van der Waals surface area contributed by atoms with Crippen LogP contribution < -0.4 is 11.2 Å². The van der Waals surface area contributed by atoms with Crippen LogP contribution in [0.1, 0.15) is 5.56 Å². The smallest absolute Gasteiger partial charge is 0.270 e. The van der Waals surface area contributed by atoms with Gasteiger partial charge >= 0.3 is 0 Å². The highest BCUT2D eigenvalue weighted by Crippen LogP contribution is 2.21. The van der Waals surface area contributed by atoms with Gasteiger partial charge in [0.2, 0.25) is 5.13 Å². The lowest BCUT2D eigenvalue weighted by Crippen LogP contribution is -1.94. The number of halogens is 1. The molecule has 0 radical (unpaired) electrons. The molecule has 0 amide bonds. The van der Waals surface area contributed by atoms with E-state index in [0.717, 1.165) is 0 Å². The molecule has 0 aliphatic heterocycles. The second-order valence-electron chi connectivity index (χ2n) is 3.41. The molecule has 9 heteroatoms. The number of nitrogen functional groups attached to an aromatic ring is 1. The van der Waals surface area contributed by atoms with Gasteiger partial charge in [-0.25, -0.2) is 4.98 Å². The molecule has 2 rings (SSSR count). The van der Waals surface area contributed by atoms with Crippen molar-refractivity contribution in [3.05, 3.63) is 44.3 Å². The zero-order chi connectivity index (χ0) is 13.8. The number of aromatic nitrogens is 1. The van der Waals surface area contributed by atoms with Crippen molar-refractivity contribution in [1.29, 1.82) is 0 Å². The number of anilines is 2. The first-order valence-corrected chi connectivity index (χ1v) is 6.26. The molecule has 2 aromatic rings. The average Bonchev–Trinajstić information content (AvgIpc) is 2.77. The molecule has 0 atom stereocenters. The summed E-state index contributed by atoms with van der Waals surface area (Å²) in [6, 6.07) is 4.11. The van der Waals surface area contributed by atoms with Crippen LogP contribution in [0.3, 0.4) is 0 Å². The summed E-state index contributed by atoms with van der Waals surface area (Å²) in [5, 5.41) is 17.1. The first-order chi connectivity index (χ1) is 9.06. The Kier molecular flexibility index (Phi) is 3.93. The number of nitro groups is 1. The Balaban J connectivity index is 2.13. The van der Waals surface area contributed by atoms with E-state index in [-0.39, 0.29) is 5.69 Å². The lowest BCUT2D eigenvalue weighted by atomic mass is 10.2. The standard InChI is InChI=1S/C10H8ClN5O2S/c11-8-2-1-7(16(17)18)3-6(8)4-13-15-10-14-9(12)5-19-10/h1-5H,12H2,(H,14,15). The van der Waals surface area contributed by atoms with Crippen LogP contribution in [-0.2, 0) is 0 Å². The van der Waals surface area contributed by atoms with Crippen molar-refractivity contribution in [2.24, 2.45) is 5.10 Å². The molecule has 0 spiro atoms. The van der Waals surface area contributed by atoms with Crippen LogP contribution in [0.15, 0.2) is 28.7 Å². The second-order valence-corrected chi connectivity index (χ2v) is 4.68. The highest BCUT2D eigenvalue weighted by atomic mass is 35.5. The molecule has 1 aromatic heterocycles. The minimum Gasteiger partial charge on any atom is -0.383 e. The Morgan fingerprint density at radius 3 is 3.00 bits per heavy atom. The molecule has 19 heavy (non-hydrogen) atoms. The molecule has 0 fully saturated rings. The van der Waals surface area contributed by atoms with Gasteiger partial charge in [-0.2, -0.15) is 5.10 Å². The third-order valence-electron chi connectivity index (χ3n) is 2.08. The number of non-ortho nitro benzene ring substituents is 1. The quantitative estimate of drug-likeness (QED) is 0.512. The van der Waals surface area contributed by atoms with Crippen molar-refractivity contribution in [1.82, 2.24) is 4.98 Å². The van der Waals surface area contributed by atoms with Crippen LogP contribution in [0.5, 0.6) is 0 Å². The van der Waals surface area contributed by atoms with Crippen molar-refractivity contribution in [2.45, 2.75) is 0 Å². The fourth-order valence-electron chi connectivity index (χ4n) is 1.24. The van der Waals surface area contributed by atoms with E-state index in [4.69, 9.17) is 17.3 Å². The Morgan fingerprint density at radius 2 is 2.37 bits per heavy atom. The third kappa shape index (κ3) is 3.39. The summed E-state index contributed by atoms with van der Waals surface area (Å²) in [4.78, 5) is 14.1. The number of thiazole rings is 1. The maximum atomic E-state index is 10.6. The van der Waals surface area contributed by atoms with Gasteiger partial charge in [-0.05, 0) is 6.07 Å². The Bertz CT molecular complexity index is 643. The van der Waals surface area contributed by atoms with E-state index >= 15 is 0 Å². The molecule has 1 heterocycles. The fraction of sp³-hybridized carbons (Fsp3) is 0. The monoisotopic (exact) mass is 297 g/mol. The van der Waals surface area contributed by atoms with Gasteiger partial charge in [-0.15, -0.1) is 11.3 Å². The molecule has 0 saturated carbocycles. The molecule has 98 valence electrons. The number of nitrogens with zero attached hydrogens (tertiary/aromatic N) is 3. The summed E-state index contributed by atoms with van der Waals surface area (Å²) < 4.78 is 0. The van der Waals surface area contributed by atoms with E-state index < -0.39 is 4.92 Å². The van der Waals surface area contributed by atoms with E-state index in [1.807, 2.05) is 0 Å². The summed E-state index contributed by atoms with van der Waals surface area (Å²) >= 11 is 7.21. The number of nitrogens with two attached hydrogens (primary N) is 1. The second kappa shape index (κ2) is 5.63. The number of benzene rings is 1. The van der Waals surface area contributed by atoms with Crippen molar-refractivity contribution in [2.75, 3.05) is 11.2 Å². The van der Waals surface area contributed by atoms with Crippen LogP contribution in [0.2, 0.25) is 5.02 Å². The summed E-state index contributed by atoms with van der Waals surface area (Å²) in [5.74, 6) is 0.399. The van der Waals surface area contributed by atoms with E-state index in [1.54, 1.807) is 5.38 Å². The summed E-state index contributed by atoms with van der Waals surface area (Å²) in [7, 11) is 0. The number of nitrogens with one attached hydrogen (secondary N) is 1. The molecule has 1 aromatic carbocycles. The summed E-state index contributed by atoms with van der Waals surface area (Å²) in [6.07, 6.45) is 1.38. The normalized spacial score (nSPS) is 10.8. The Labute approximate surface area is 116 Å². The van der Waals surface area contributed by atoms with Crippen LogP contribution in [0.25, 0.3) is 0 Å². The van der Waals surface area contributed by atoms with Crippen molar-refractivity contribution in [3.8, 4) is 0 Å². The molecule has 0 unspecified atom stereocenters.